The Morgan fingerprint density at radius 2 is 1.90 bits per heavy atom. The maximum absolute atomic E-state index is 6.75. The summed E-state index contributed by atoms with van der Waals surface area (Å²) in [6.45, 7) is 3.00. The Morgan fingerprint density at radius 1 is 1.19 bits per heavy atom. The smallest absolute Gasteiger partial charge is 0.0537 e. The summed E-state index contributed by atoms with van der Waals surface area (Å²) in [6, 6.07) is 10.9. The Bertz CT molecular complexity index is 567. The molecule has 3 heteroatoms. The van der Waals surface area contributed by atoms with E-state index in [1.807, 2.05) is 10.9 Å². The molecule has 0 bridgehead atoms. The van der Waals surface area contributed by atoms with Crippen LogP contribution in [0.25, 0.3) is 0 Å². The molecule has 1 aromatic carbocycles. The van der Waals surface area contributed by atoms with Gasteiger partial charge >= 0.3 is 0 Å². The first-order valence-electron chi connectivity index (χ1n) is 8.10. The van der Waals surface area contributed by atoms with Gasteiger partial charge in [0.2, 0.25) is 0 Å². The Morgan fingerprint density at radius 3 is 2.52 bits per heavy atom. The average molecular weight is 283 g/mol. The fourth-order valence-corrected chi connectivity index (χ4v) is 3.76. The molecule has 2 aromatic rings. The van der Waals surface area contributed by atoms with Crippen LogP contribution >= 0.6 is 0 Å². The number of aryl methyl sites for hydroxylation is 1. The van der Waals surface area contributed by atoms with Crippen molar-refractivity contribution >= 4 is 0 Å². The summed E-state index contributed by atoms with van der Waals surface area (Å²) in [6.07, 6.45) is 10.3. The zero-order valence-electron chi connectivity index (χ0n) is 12.8. The first-order valence-corrected chi connectivity index (χ1v) is 8.10. The van der Waals surface area contributed by atoms with Crippen LogP contribution in [-0.2, 0) is 12.0 Å². The number of benzene rings is 1. The van der Waals surface area contributed by atoms with Crippen molar-refractivity contribution in [2.75, 3.05) is 0 Å². The standard InChI is InChI=1S/C18H25N3/c1-2-21-14-15(13-20-21)17(19)18(11-7-4-8-12-18)16-9-5-3-6-10-16/h3,5-6,9-10,13-14,17H,2,4,7-8,11-12,19H2,1H3. The molecule has 1 unspecified atom stereocenters. The summed E-state index contributed by atoms with van der Waals surface area (Å²) >= 11 is 0. The highest BCUT2D eigenvalue weighted by molar-refractivity contribution is 5.32. The quantitative estimate of drug-likeness (QED) is 0.927. The third-order valence-electron chi connectivity index (χ3n) is 5.03. The molecular formula is C18H25N3. The van der Waals surface area contributed by atoms with Gasteiger partial charge in [-0.2, -0.15) is 5.10 Å². The van der Waals surface area contributed by atoms with Crippen LogP contribution in [-0.4, -0.2) is 9.78 Å². The number of nitrogens with two attached hydrogens (primary N) is 1. The van der Waals surface area contributed by atoms with Crippen LogP contribution in [0.3, 0.4) is 0 Å². The van der Waals surface area contributed by atoms with Gasteiger partial charge in [-0.05, 0) is 25.3 Å². The van der Waals surface area contributed by atoms with Crippen LogP contribution in [0.4, 0.5) is 0 Å². The van der Waals surface area contributed by atoms with Crippen molar-refractivity contribution in [3.05, 3.63) is 53.9 Å². The second-order valence-corrected chi connectivity index (χ2v) is 6.19. The molecule has 0 spiro atoms. The van der Waals surface area contributed by atoms with Crippen molar-refractivity contribution in [2.45, 2.75) is 57.0 Å². The van der Waals surface area contributed by atoms with Crippen LogP contribution in [0.2, 0.25) is 0 Å². The molecule has 1 aliphatic carbocycles. The number of rotatable bonds is 4. The molecule has 21 heavy (non-hydrogen) atoms. The minimum atomic E-state index is 0.0282. The summed E-state index contributed by atoms with van der Waals surface area (Å²) in [5, 5.41) is 4.41. The minimum Gasteiger partial charge on any atom is -0.323 e. The normalized spacial score (nSPS) is 19.3. The summed E-state index contributed by atoms with van der Waals surface area (Å²) in [4.78, 5) is 0. The van der Waals surface area contributed by atoms with E-state index in [1.54, 1.807) is 0 Å². The van der Waals surface area contributed by atoms with Gasteiger partial charge in [0.05, 0.1) is 6.20 Å². The van der Waals surface area contributed by atoms with Crippen LogP contribution in [0.5, 0.6) is 0 Å². The summed E-state index contributed by atoms with van der Waals surface area (Å²) in [5.74, 6) is 0. The van der Waals surface area contributed by atoms with E-state index in [2.05, 4.69) is 48.6 Å². The predicted molar refractivity (Wildman–Crippen MR) is 86.0 cm³/mol. The van der Waals surface area contributed by atoms with Crippen LogP contribution in [0, 0.1) is 0 Å². The van der Waals surface area contributed by atoms with E-state index in [0.717, 1.165) is 6.54 Å². The zero-order chi connectivity index (χ0) is 14.7. The molecule has 0 saturated heterocycles. The van der Waals surface area contributed by atoms with E-state index < -0.39 is 0 Å². The molecule has 1 aromatic heterocycles. The van der Waals surface area contributed by atoms with Gasteiger partial charge in [-0.3, -0.25) is 4.68 Å². The summed E-state index contributed by atoms with van der Waals surface area (Å²) in [5.41, 5.74) is 9.38. The Kier molecular flexibility index (Phi) is 4.11. The van der Waals surface area contributed by atoms with Crippen LogP contribution in [0.1, 0.15) is 56.2 Å². The predicted octanol–water partition coefficient (Wildman–Crippen LogP) is 3.80. The lowest BCUT2D eigenvalue weighted by molar-refractivity contribution is 0.244. The molecular weight excluding hydrogens is 258 g/mol. The number of hydrogen-bond acceptors (Lipinski definition) is 2. The summed E-state index contributed by atoms with van der Waals surface area (Å²) in [7, 11) is 0. The largest absolute Gasteiger partial charge is 0.323 e. The Labute approximate surface area is 127 Å². The van der Waals surface area contributed by atoms with E-state index in [4.69, 9.17) is 5.73 Å². The first-order chi connectivity index (χ1) is 10.3. The number of aromatic nitrogens is 2. The van der Waals surface area contributed by atoms with Crippen molar-refractivity contribution in [2.24, 2.45) is 5.73 Å². The lowest BCUT2D eigenvalue weighted by Gasteiger charge is -2.42. The van der Waals surface area contributed by atoms with Crippen molar-refractivity contribution in [3.63, 3.8) is 0 Å². The van der Waals surface area contributed by atoms with Crippen molar-refractivity contribution < 1.29 is 0 Å². The lowest BCUT2D eigenvalue weighted by Crippen LogP contribution is -2.40. The topological polar surface area (TPSA) is 43.8 Å². The monoisotopic (exact) mass is 283 g/mol. The number of hydrogen-bond donors (Lipinski definition) is 1. The maximum Gasteiger partial charge on any atom is 0.0537 e. The van der Waals surface area contributed by atoms with Crippen LogP contribution < -0.4 is 5.73 Å². The average Bonchev–Trinajstić information content (AvgIpc) is 3.04. The van der Waals surface area contributed by atoms with Gasteiger partial charge in [-0.15, -0.1) is 0 Å². The van der Waals surface area contributed by atoms with Gasteiger partial charge in [0.15, 0.2) is 0 Å². The Hall–Kier alpha value is -1.61. The zero-order valence-corrected chi connectivity index (χ0v) is 12.8. The second-order valence-electron chi connectivity index (χ2n) is 6.19. The highest BCUT2D eigenvalue weighted by Gasteiger charge is 2.40. The molecule has 1 saturated carbocycles. The fourth-order valence-electron chi connectivity index (χ4n) is 3.76. The third-order valence-corrected chi connectivity index (χ3v) is 5.03. The Balaban J connectivity index is 1.99. The van der Waals surface area contributed by atoms with Crippen molar-refractivity contribution in [1.29, 1.82) is 0 Å². The van der Waals surface area contributed by atoms with Gasteiger partial charge in [-0.25, -0.2) is 0 Å². The molecule has 3 rings (SSSR count). The first kappa shape index (κ1) is 14.3. The van der Waals surface area contributed by atoms with Gasteiger partial charge in [-0.1, -0.05) is 49.6 Å². The van der Waals surface area contributed by atoms with Crippen molar-refractivity contribution in [3.8, 4) is 0 Å². The van der Waals surface area contributed by atoms with E-state index in [1.165, 1.54) is 43.2 Å². The van der Waals surface area contributed by atoms with Gasteiger partial charge in [0, 0.05) is 29.8 Å². The van der Waals surface area contributed by atoms with Gasteiger partial charge < -0.3 is 5.73 Å². The molecule has 2 N–H and O–H groups in total. The molecule has 0 aliphatic heterocycles. The highest BCUT2D eigenvalue weighted by Crippen LogP contribution is 2.46. The molecule has 1 aliphatic rings. The van der Waals surface area contributed by atoms with Crippen LogP contribution in [0.15, 0.2) is 42.7 Å². The van der Waals surface area contributed by atoms with Gasteiger partial charge in [0.1, 0.15) is 0 Å². The van der Waals surface area contributed by atoms with E-state index in [9.17, 15) is 0 Å². The third kappa shape index (κ3) is 2.62. The fraction of sp³-hybridized carbons (Fsp3) is 0.500. The summed E-state index contributed by atoms with van der Waals surface area (Å²) < 4.78 is 1.97. The second kappa shape index (κ2) is 6.02. The SMILES string of the molecule is CCn1cc(C(N)C2(c3ccccc3)CCCCC2)cn1. The molecule has 0 radical (unpaired) electrons. The number of nitrogens with zero attached hydrogens (tertiary/aromatic N) is 2. The highest BCUT2D eigenvalue weighted by atomic mass is 15.3. The molecule has 3 nitrogen and oxygen atoms in total. The molecule has 0 amide bonds. The molecule has 1 atom stereocenters. The van der Waals surface area contributed by atoms with E-state index in [-0.39, 0.29) is 11.5 Å². The van der Waals surface area contributed by atoms with Crippen molar-refractivity contribution in [1.82, 2.24) is 9.78 Å². The molecule has 1 fully saturated rings. The molecule has 112 valence electrons. The molecule has 1 heterocycles. The van der Waals surface area contributed by atoms with E-state index >= 15 is 0 Å². The van der Waals surface area contributed by atoms with E-state index in [0.29, 0.717) is 0 Å². The lowest BCUT2D eigenvalue weighted by atomic mass is 9.64. The maximum atomic E-state index is 6.75. The van der Waals surface area contributed by atoms with Gasteiger partial charge in [0.25, 0.3) is 0 Å². The minimum absolute atomic E-state index is 0.0282.